The van der Waals surface area contributed by atoms with E-state index in [1.807, 2.05) is 32.9 Å². The summed E-state index contributed by atoms with van der Waals surface area (Å²) < 4.78 is 29.0. The number of imide groups is 1. The summed E-state index contributed by atoms with van der Waals surface area (Å²) in [6, 6.07) is 11.4. The summed E-state index contributed by atoms with van der Waals surface area (Å²) in [7, 11) is -2.91. The number of fused-ring (bicyclic) bond motifs is 2. The van der Waals surface area contributed by atoms with Gasteiger partial charge in [-0.3, -0.25) is 29.2 Å². The first-order valence-corrected chi connectivity index (χ1v) is 27.7. The average molecular weight is 1040 g/mol. The minimum Gasteiger partial charge on any atom is -0.492 e. The molecule has 3 fully saturated rings. The van der Waals surface area contributed by atoms with Gasteiger partial charge in [0.15, 0.2) is 5.58 Å². The zero-order valence-electron chi connectivity index (χ0n) is 40.6. The summed E-state index contributed by atoms with van der Waals surface area (Å²) in [5.74, 6) is 0.133. The Morgan fingerprint density at radius 3 is 2.37 bits per heavy atom. The van der Waals surface area contributed by atoms with Crippen LogP contribution in [0.2, 0.25) is 0 Å². The molecule has 0 saturated carbocycles. The average Bonchev–Trinajstić information content (AvgIpc) is 3.65. The molecule has 3 aromatic carbocycles. The molecule has 70 heavy (non-hydrogen) atoms. The SMILES string of the molecule is CCOc1cc(N2CCC(N3CCN(CCc4cc5oc(=O)n(C6CCC(=O)NC6=O)c5cc4C)CC3)CC2)c(CC)cc1Nc1ncc(Br)c(Nc2ccc3c(=O)n(CC)ncc3c2P(C)(C)=O)n1. The number of carbonyl (C=O) groups excluding carboxylic acids is 2. The first-order valence-electron chi connectivity index (χ1n) is 24.3. The van der Waals surface area contributed by atoms with Crippen molar-refractivity contribution in [1.29, 1.82) is 0 Å². The third kappa shape index (κ3) is 10.0. The smallest absolute Gasteiger partial charge is 0.420 e. The Morgan fingerprint density at radius 2 is 1.67 bits per heavy atom. The van der Waals surface area contributed by atoms with Crippen molar-refractivity contribution in [1.82, 2.24) is 39.4 Å². The van der Waals surface area contributed by atoms with Gasteiger partial charge in [-0.25, -0.2) is 14.5 Å². The molecule has 3 N–H and O–H groups in total. The molecule has 1 unspecified atom stereocenters. The van der Waals surface area contributed by atoms with Crippen molar-refractivity contribution in [3.63, 3.8) is 0 Å². The molecule has 3 saturated heterocycles. The van der Waals surface area contributed by atoms with Crippen LogP contribution in [0, 0.1) is 6.92 Å². The van der Waals surface area contributed by atoms with Crippen molar-refractivity contribution in [3.05, 3.63) is 90.9 Å². The summed E-state index contributed by atoms with van der Waals surface area (Å²) in [5, 5.41) is 15.0. The van der Waals surface area contributed by atoms with Gasteiger partial charge in [-0.05, 0) is 129 Å². The van der Waals surface area contributed by atoms with Crippen LogP contribution in [0.25, 0.3) is 21.9 Å². The lowest BCUT2D eigenvalue weighted by molar-refractivity contribution is -0.135. The van der Waals surface area contributed by atoms with Crippen molar-refractivity contribution < 1.29 is 23.3 Å². The van der Waals surface area contributed by atoms with Gasteiger partial charge in [-0.15, -0.1) is 0 Å². The van der Waals surface area contributed by atoms with Gasteiger partial charge in [0.1, 0.15) is 24.8 Å². The Balaban J connectivity index is 0.825. The fraction of sp³-hybridized carbons (Fsp3) is 0.460. The van der Waals surface area contributed by atoms with Crippen LogP contribution in [-0.4, -0.2) is 118 Å². The zero-order valence-corrected chi connectivity index (χ0v) is 43.1. The number of aromatic nitrogens is 5. The first kappa shape index (κ1) is 49.1. The van der Waals surface area contributed by atoms with Crippen molar-refractivity contribution in [2.75, 3.05) is 81.3 Å². The van der Waals surface area contributed by atoms with E-state index < -0.39 is 24.8 Å². The Bertz CT molecular complexity index is 3150. The predicted molar refractivity (Wildman–Crippen MR) is 278 cm³/mol. The van der Waals surface area contributed by atoms with E-state index in [1.54, 1.807) is 37.9 Å². The topological polar surface area (TPSA) is 202 Å². The van der Waals surface area contributed by atoms with Gasteiger partial charge >= 0.3 is 5.76 Å². The lowest BCUT2D eigenvalue weighted by Crippen LogP contribution is -2.53. The maximum Gasteiger partial charge on any atom is 0.420 e. The third-order valence-corrected chi connectivity index (χ3v) is 16.1. The molecule has 370 valence electrons. The van der Waals surface area contributed by atoms with Gasteiger partial charge in [0, 0.05) is 93.5 Å². The molecule has 3 aliphatic rings. The molecule has 0 spiro atoms. The van der Waals surface area contributed by atoms with E-state index in [0.717, 1.165) is 88.3 Å². The fourth-order valence-corrected chi connectivity index (χ4v) is 12.1. The van der Waals surface area contributed by atoms with E-state index in [9.17, 15) is 23.7 Å². The molecule has 3 aliphatic heterocycles. The van der Waals surface area contributed by atoms with Crippen LogP contribution in [0.4, 0.5) is 28.8 Å². The number of hydrogen-bond acceptors (Lipinski definition) is 15. The number of halogens is 1. The first-order chi connectivity index (χ1) is 33.6. The molecule has 2 amide bonds. The molecule has 0 aliphatic carbocycles. The number of piperazine rings is 1. The van der Waals surface area contributed by atoms with Crippen molar-refractivity contribution in [2.24, 2.45) is 0 Å². The van der Waals surface area contributed by atoms with E-state index in [0.29, 0.717) is 74.0 Å². The Hall–Kier alpha value is -5.88. The Kier molecular flexibility index (Phi) is 14.4. The van der Waals surface area contributed by atoms with Crippen LogP contribution in [0.1, 0.15) is 69.2 Å². The molecule has 3 aromatic heterocycles. The number of nitrogens with zero attached hydrogens (tertiary/aromatic N) is 8. The lowest BCUT2D eigenvalue weighted by atomic mass is 9.99. The highest BCUT2D eigenvalue weighted by atomic mass is 79.9. The highest BCUT2D eigenvalue weighted by Gasteiger charge is 2.33. The minimum absolute atomic E-state index is 0.184. The maximum atomic E-state index is 13.8. The molecule has 9 rings (SSSR count). The van der Waals surface area contributed by atoms with Crippen molar-refractivity contribution >= 4 is 90.9 Å². The lowest BCUT2D eigenvalue weighted by Gasteiger charge is -2.43. The molecule has 1 atom stereocenters. The van der Waals surface area contributed by atoms with E-state index in [4.69, 9.17) is 14.1 Å². The third-order valence-electron chi connectivity index (χ3n) is 14.0. The van der Waals surface area contributed by atoms with E-state index in [1.165, 1.54) is 20.5 Å². The number of ether oxygens (including phenoxy) is 1. The van der Waals surface area contributed by atoms with Gasteiger partial charge in [0.2, 0.25) is 17.8 Å². The second-order valence-corrected chi connectivity index (χ2v) is 22.7. The zero-order chi connectivity index (χ0) is 49.4. The van der Waals surface area contributed by atoms with E-state index in [-0.39, 0.29) is 24.3 Å². The summed E-state index contributed by atoms with van der Waals surface area (Å²) in [6.07, 6.45) is 7.50. The molecule has 20 heteroatoms. The van der Waals surface area contributed by atoms with Gasteiger partial charge in [0.05, 0.1) is 39.6 Å². The maximum absolute atomic E-state index is 13.8. The number of amides is 2. The van der Waals surface area contributed by atoms with Crippen LogP contribution in [-0.2, 0) is 33.5 Å². The van der Waals surface area contributed by atoms with E-state index in [2.05, 4.69) is 75.7 Å². The number of aryl methyl sites for hydroxylation is 3. The summed E-state index contributed by atoms with van der Waals surface area (Å²) >= 11 is 3.60. The second kappa shape index (κ2) is 20.5. The van der Waals surface area contributed by atoms with Crippen molar-refractivity contribution in [2.45, 2.75) is 84.8 Å². The summed E-state index contributed by atoms with van der Waals surface area (Å²) in [5.41, 5.74) is 6.65. The van der Waals surface area contributed by atoms with Gasteiger partial charge in [0.25, 0.3) is 5.56 Å². The fourth-order valence-electron chi connectivity index (χ4n) is 10.3. The van der Waals surface area contributed by atoms with Crippen LogP contribution >= 0.6 is 23.1 Å². The van der Waals surface area contributed by atoms with Gasteiger partial charge < -0.3 is 34.2 Å². The molecule has 0 bridgehead atoms. The van der Waals surface area contributed by atoms with Crippen molar-refractivity contribution in [3.8, 4) is 5.75 Å². The molecule has 18 nitrogen and oxygen atoms in total. The normalized spacial score (nSPS) is 17.6. The predicted octanol–water partition coefficient (Wildman–Crippen LogP) is 6.69. The molecular weight excluding hydrogens is 977 g/mol. The standard InChI is InChI=1S/C50H61BrN11O7P/c1-7-31-25-38(55-49-52-29-36(51)46(57-49)54-37-11-10-34-35(45(37)70(5,6)67)28-53-61(8-2)48(34)65)42(68-9-3)27-40(31)60-18-15-33(16-19-60)59-22-20-58(21-23-59)17-14-32-26-43-41(24-30(32)4)62(50(66)69-43)39-12-13-44(63)56-47(39)64/h10-11,24-29,33,39H,7-9,12-23H2,1-6H3,(H,56,63,64)(H2,52,54,55,57). The van der Waals surface area contributed by atoms with Gasteiger partial charge in [-0.2, -0.15) is 10.1 Å². The monoisotopic (exact) mass is 1040 g/mol. The number of nitrogens with one attached hydrogen (secondary N) is 3. The molecule has 6 aromatic rings. The van der Waals surface area contributed by atoms with E-state index >= 15 is 0 Å². The van der Waals surface area contributed by atoms with Crippen LogP contribution in [0.3, 0.4) is 0 Å². The van der Waals surface area contributed by atoms with Crippen LogP contribution in [0.5, 0.6) is 5.75 Å². The number of hydrogen-bond donors (Lipinski definition) is 3. The van der Waals surface area contributed by atoms with Crippen LogP contribution < -0.4 is 42.2 Å². The number of oxazole rings is 1. The summed E-state index contributed by atoms with van der Waals surface area (Å²) in [4.78, 5) is 67.4. The Morgan fingerprint density at radius 1 is 0.900 bits per heavy atom. The van der Waals surface area contributed by atoms with Crippen LogP contribution in [0.15, 0.2) is 67.3 Å². The molecular formula is C50H61BrN11O7P. The number of carbonyl (C=O) groups is 2. The molecule has 0 radical (unpaired) electrons. The van der Waals surface area contributed by atoms with Gasteiger partial charge in [-0.1, -0.05) is 6.92 Å². The highest BCUT2D eigenvalue weighted by Crippen LogP contribution is 2.42. The second-order valence-electron chi connectivity index (χ2n) is 18.7. The minimum atomic E-state index is -2.91. The Labute approximate surface area is 414 Å². The number of benzene rings is 3. The largest absolute Gasteiger partial charge is 0.492 e. The number of anilines is 5. The number of piperidine rings is 2. The quantitative estimate of drug-likeness (QED) is 0.0725. The summed E-state index contributed by atoms with van der Waals surface area (Å²) in [6.45, 7) is 19.1. The molecule has 6 heterocycles. The number of rotatable bonds is 15. The highest BCUT2D eigenvalue weighted by molar-refractivity contribution is 9.10.